The van der Waals surface area contributed by atoms with Crippen molar-refractivity contribution in [3.05, 3.63) is 11.8 Å². The fourth-order valence-electron chi connectivity index (χ4n) is 4.19. The van der Waals surface area contributed by atoms with Crippen molar-refractivity contribution in [3.8, 4) is 0 Å². The zero-order valence-electron chi connectivity index (χ0n) is 17.6. The second kappa shape index (κ2) is 8.97. The van der Waals surface area contributed by atoms with Gasteiger partial charge in [0.1, 0.15) is 11.8 Å². The minimum Gasteiger partial charge on any atom is -0.360 e. The van der Waals surface area contributed by atoms with Crippen LogP contribution >= 0.6 is 0 Å². The van der Waals surface area contributed by atoms with Crippen molar-refractivity contribution in [2.24, 2.45) is 11.3 Å². The van der Waals surface area contributed by atoms with Gasteiger partial charge >= 0.3 is 0 Å². The van der Waals surface area contributed by atoms with Crippen molar-refractivity contribution in [2.45, 2.75) is 71.8 Å². The highest BCUT2D eigenvalue weighted by Crippen LogP contribution is 2.55. The van der Waals surface area contributed by atoms with Gasteiger partial charge in [0.05, 0.1) is 0 Å². The fourth-order valence-corrected chi connectivity index (χ4v) is 4.19. The van der Waals surface area contributed by atoms with Crippen LogP contribution in [0.4, 0.5) is 5.82 Å². The Morgan fingerprint density at radius 2 is 2.10 bits per heavy atom. The third-order valence-electron chi connectivity index (χ3n) is 5.99. The van der Waals surface area contributed by atoms with Crippen LogP contribution in [0.1, 0.15) is 64.6 Å². The van der Waals surface area contributed by atoms with Crippen LogP contribution in [-0.2, 0) is 14.4 Å². The Balaban J connectivity index is 1.73. The number of hydrogen-bond acceptors (Lipinski definition) is 5. The zero-order chi connectivity index (χ0) is 21.0. The van der Waals surface area contributed by atoms with Gasteiger partial charge in [-0.25, -0.2) is 0 Å². The van der Waals surface area contributed by atoms with E-state index in [0.29, 0.717) is 37.5 Å². The van der Waals surface area contributed by atoms with Crippen molar-refractivity contribution < 1.29 is 18.9 Å². The van der Waals surface area contributed by atoms with Gasteiger partial charge in [0.25, 0.3) is 0 Å². The third-order valence-corrected chi connectivity index (χ3v) is 5.99. The van der Waals surface area contributed by atoms with Crippen LogP contribution in [0.15, 0.2) is 10.6 Å². The van der Waals surface area contributed by atoms with Gasteiger partial charge in [-0.1, -0.05) is 24.9 Å². The number of anilines is 1. The second-order valence-corrected chi connectivity index (χ2v) is 8.49. The topological polar surface area (TPSA) is 105 Å². The third kappa shape index (κ3) is 5.16. The first kappa shape index (κ1) is 21.3. The van der Waals surface area contributed by atoms with E-state index in [2.05, 4.69) is 22.7 Å². The summed E-state index contributed by atoms with van der Waals surface area (Å²) in [4.78, 5) is 40.2. The molecule has 1 saturated heterocycles. The lowest BCUT2D eigenvalue weighted by Crippen LogP contribution is -2.46. The number of nitrogens with one attached hydrogen (secondary N) is 2. The SMILES string of the molecule is CCCC[C@H](CC(=O)NCC)C(=O)N1CC2(CC2)C[C@H]1C(=O)Nc1cc(C)on1. The van der Waals surface area contributed by atoms with E-state index in [4.69, 9.17) is 4.52 Å². The van der Waals surface area contributed by atoms with Crippen molar-refractivity contribution in [1.29, 1.82) is 0 Å². The van der Waals surface area contributed by atoms with Crippen LogP contribution < -0.4 is 10.6 Å². The van der Waals surface area contributed by atoms with Gasteiger partial charge in [0, 0.05) is 31.5 Å². The van der Waals surface area contributed by atoms with Crippen molar-refractivity contribution >= 4 is 23.5 Å². The normalized spacial score (nSPS) is 20.5. The summed E-state index contributed by atoms with van der Waals surface area (Å²) in [6.07, 6.45) is 5.42. The van der Waals surface area contributed by atoms with Crippen LogP contribution in [0.3, 0.4) is 0 Å². The number of aryl methyl sites for hydroxylation is 1. The molecule has 3 rings (SSSR count). The number of aromatic nitrogens is 1. The van der Waals surface area contributed by atoms with E-state index in [1.165, 1.54) is 0 Å². The van der Waals surface area contributed by atoms with Crippen LogP contribution in [0.25, 0.3) is 0 Å². The summed E-state index contributed by atoms with van der Waals surface area (Å²) in [5.74, 6) is 0.162. The van der Waals surface area contributed by atoms with E-state index in [1.807, 2.05) is 6.92 Å². The highest BCUT2D eigenvalue weighted by molar-refractivity contribution is 5.98. The molecular formula is C21H32N4O4. The average Bonchev–Trinajstić information content (AvgIpc) is 3.13. The predicted octanol–water partition coefficient (Wildman–Crippen LogP) is 2.64. The van der Waals surface area contributed by atoms with Gasteiger partial charge < -0.3 is 20.1 Å². The second-order valence-electron chi connectivity index (χ2n) is 8.49. The Bertz CT molecular complexity index is 756. The van der Waals surface area contributed by atoms with Crippen LogP contribution in [0.5, 0.6) is 0 Å². The number of carbonyl (C=O) groups is 3. The first-order valence-electron chi connectivity index (χ1n) is 10.7. The van der Waals surface area contributed by atoms with Crippen LogP contribution in [-0.4, -0.2) is 46.9 Å². The quantitative estimate of drug-likeness (QED) is 0.658. The van der Waals surface area contributed by atoms with E-state index < -0.39 is 6.04 Å². The lowest BCUT2D eigenvalue weighted by Gasteiger charge is -2.28. The highest BCUT2D eigenvalue weighted by atomic mass is 16.5. The Morgan fingerprint density at radius 1 is 1.34 bits per heavy atom. The lowest BCUT2D eigenvalue weighted by atomic mass is 9.96. The zero-order valence-corrected chi connectivity index (χ0v) is 17.6. The summed E-state index contributed by atoms with van der Waals surface area (Å²) in [6, 6.07) is 1.13. The molecule has 2 atom stereocenters. The number of hydrogen-bond donors (Lipinski definition) is 2. The van der Waals surface area contributed by atoms with Crippen molar-refractivity contribution in [3.63, 3.8) is 0 Å². The molecular weight excluding hydrogens is 372 g/mol. The van der Waals surface area contributed by atoms with Gasteiger partial charge in [-0.05, 0) is 44.9 Å². The summed E-state index contributed by atoms with van der Waals surface area (Å²) < 4.78 is 5.02. The van der Waals surface area contributed by atoms with Gasteiger partial charge in [0.15, 0.2) is 5.82 Å². The minimum absolute atomic E-state index is 0.0678. The first-order chi connectivity index (χ1) is 13.9. The maximum Gasteiger partial charge on any atom is 0.248 e. The molecule has 1 aromatic rings. The molecule has 8 heteroatoms. The largest absolute Gasteiger partial charge is 0.360 e. The molecule has 0 unspecified atom stereocenters. The molecule has 8 nitrogen and oxygen atoms in total. The highest BCUT2D eigenvalue weighted by Gasteiger charge is 2.55. The molecule has 1 aromatic heterocycles. The number of unbranched alkanes of at least 4 members (excludes halogenated alkanes) is 1. The number of likely N-dealkylation sites (tertiary alicyclic amines) is 1. The van der Waals surface area contributed by atoms with Crippen LogP contribution in [0.2, 0.25) is 0 Å². The molecule has 3 amide bonds. The fraction of sp³-hybridized carbons (Fsp3) is 0.714. The first-order valence-corrected chi connectivity index (χ1v) is 10.7. The number of carbonyl (C=O) groups excluding carboxylic acids is 3. The molecule has 1 aliphatic carbocycles. The average molecular weight is 405 g/mol. The van der Waals surface area contributed by atoms with E-state index in [-0.39, 0.29) is 35.5 Å². The maximum absolute atomic E-state index is 13.4. The van der Waals surface area contributed by atoms with Crippen LogP contribution in [0, 0.1) is 18.3 Å². The maximum atomic E-state index is 13.4. The van der Waals surface area contributed by atoms with E-state index in [0.717, 1.165) is 25.7 Å². The smallest absolute Gasteiger partial charge is 0.248 e. The molecule has 1 aliphatic heterocycles. The van der Waals surface area contributed by atoms with E-state index >= 15 is 0 Å². The van der Waals surface area contributed by atoms with Crippen molar-refractivity contribution in [1.82, 2.24) is 15.4 Å². The molecule has 0 bridgehead atoms. The summed E-state index contributed by atoms with van der Waals surface area (Å²) in [6.45, 7) is 6.83. The van der Waals surface area contributed by atoms with E-state index in [9.17, 15) is 14.4 Å². The molecule has 2 N–H and O–H groups in total. The predicted molar refractivity (Wildman–Crippen MR) is 108 cm³/mol. The van der Waals surface area contributed by atoms with E-state index in [1.54, 1.807) is 17.9 Å². The molecule has 160 valence electrons. The summed E-state index contributed by atoms with van der Waals surface area (Å²) in [7, 11) is 0. The Labute approximate surface area is 171 Å². The summed E-state index contributed by atoms with van der Waals surface area (Å²) in [5.41, 5.74) is 0.0678. The number of rotatable bonds is 9. The summed E-state index contributed by atoms with van der Waals surface area (Å²) >= 11 is 0. The van der Waals surface area contributed by atoms with Gasteiger partial charge in [-0.3, -0.25) is 14.4 Å². The monoisotopic (exact) mass is 404 g/mol. The molecule has 2 aliphatic rings. The standard InChI is InChI=1S/C21H32N4O4/c1-4-6-7-15(11-18(26)22-5-2)20(28)25-13-21(8-9-21)12-16(25)19(27)23-17-10-14(3)29-24-17/h10,15-16H,4-9,11-13H2,1-3H3,(H,22,26)(H,23,24,27)/t15-,16+/m1/s1. The molecule has 29 heavy (non-hydrogen) atoms. The van der Waals surface area contributed by atoms with Crippen molar-refractivity contribution in [2.75, 3.05) is 18.4 Å². The van der Waals surface area contributed by atoms with Gasteiger partial charge in [-0.2, -0.15) is 0 Å². The molecule has 2 fully saturated rings. The molecule has 0 aromatic carbocycles. The number of amides is 3. The molecule has 2 heterocycles. The van der Waals surface area contributed by atoms with Gasteiger partial charge in [-0.15, -0.1) is 0 Å². The molecule has 1 saturated carbocycles. The Kier molecular flexibility index (Phi) is 6.59. The minimum atomic E-state index is -0.527. The van der Waals surface area contributed by atoms with Gasteiger partial charge in [0.2, 0.25) is 17.7 Å². The Morgan fingerprint density at radius 3 is 2.69 bits per heavy atom. The summed E-state index contributed by atoms with van der Waals surface area (Å²) in [5, 5.41) is 9.39. The number of nitrogens with zero attached hydrogens (tertiary/aromatic N) is 2. The lowest BCUT2D eigenvalue weighted by molar-refractivity contribution is -0.142. The molecule has 0 radical (unpaired) electrons. The Hall–Kier alpha value is -2.38. The molecule has 1 spiro atoms.